The number of aromatic nitrogens is 1. The Kier molecular flexibility index (Phi) is 5.84. The molecule has 0 saturated heterocycles. The number of hydrogen-bond acceptors (Lipinski definition) is 3. The minimum Gasteiger partial charge on any atom is -0.314 e. The van der Waals surface area contributed by atoms with Crippen LogP contribution >= 0.6 is 11.8 Å². The summed E-state index contributed by atoms with van der Waals surface area (Å²) in [5.74, 6) is 1.14. The molecule has 0 N–H and O–H groups in total. The molecular weight excluding hydrogens is 304 g/mol. The van der Waals surface area contributed by atoms with E-state index < -0.39 is 0 Å². The average molecular weight is 324 g/mol. The highest BCUT2D eigenvalue weighted by molar-refractivity contribution is 7.98. The quantitative estimate of drug-likeness (QED) is 0.575. The lowest BCUT2D eigenvalue weighted by Gasteiger charge is -2.10. The van der Waals surface area contributed by atoms with E-state index in [1.54, 1.807) is 19.1 Å². The monoisotopic (exact) mass is 324 g/mol. The summed E-state index contributed by atoms with van der Waals surface area (Å²) in [4.78, 5) is 11.9. The highest BCUT2D eigenvalue weighted by Crippen LogP contribution is 2.23. The lowest BCUT2D eigenvalue weighted by molar-refractivity contribution is 0.101. The number of rotatable bonds is 6. The van der Waals surface area contributed by atoms with Crippen LogP contribution in [0.2, 0.25) is 0 Å². The van der Waals surface area contributed by atoms with Crippen LogP contribution in [0.15, 0.2) is 36.4 Å². The van der Waals surface area contributed by atoms with Gasteiger partial charge in [-0.05, 0) is 68.7 Å². The van der Waals surface area contributed by atoms with E-state index in [0.29, 0.717) is 5.56 Å². The predicted molar refractivity (Wildman–Crippen MR) is 97.3 cm³/mol. The molecule has 1 aromatic heterocycles. The Balaban J connectivity index is 2.48. The van der Waals surface area contributed by atoms with Gasteiger partial charge in [-0.25, -0.2) is 0 Å². The zero-order chi connectivity index (χ0) is 16.8. The van der Waals surface area contributed by atoms with Gasteiger partial charge in [0.1, 0.15) is 0 Å². The molecular formula is C19H20N2OS. The maximum atomic E-state index is 11.9. The van der Waals surface area contributed by atoms with Gasteiger partial charge in [-0.1, -0.05) is 6.08 Å². The lowest BCUT2D eigenvalue weighted by atomic mass is 10.2. The largest absolute Gasteiger partial charge is 0.314 e. The third kappa shape index (κ3) is 3.94. The first kappa shape index (κ1) is 17.1. The van der Waals surface area contributed by atoms with Crippen LogP contribution in [0.5, 0.6) is 0 Å². The van der Waals surface area contributed by atoms with E-state index in [1.807, 2.05) is 36.9 Å². The number of Topliss-reactive ketones (excluding diaryl/α,β-unsaturated/α-hetero) is 1. The van der Waals surface area contributed by atoms with Crippen molar-refractivity contribution in [1.82, 2.24) is 4.57 Å². The van der Waals surface area contributed by atoms with E-state index in [0.717, 1.165) is 34.8 Å². The van der Waals surface area contributed by atoms with Gasteiger partial charge in [0.05, 0.1) is 11.6 Å². The van der Waals surface area contributed by atoms with Crippen molar-refractivity contribution in [2.75, 3.05) is 12.0 Å². The predicted octanol–water partition coefficient (Wildman–Crippen LogP) is 4.63. The second-order valence-corrected chi connectivity index (χ2v) is 6.29. The topological polar surface area (TPSA) is 45.8 Å². The van der Waals surface area contributed by atoms with Gasteiger partial charge in [0.15, 0.2) is 5.78 Å². The molecule has 0 atom stereocenters. The van der Waals surface area contributed by atoms with E-state index in [1.165, 1.54) is 0 Å². The fourth-order valence-corrected chi connectivity index (χ4v) is 2.90. The van der Waals surface area contributed by atoms with Crippen LogP contribution in [0.3, 0.4) is 0 Å². The maximum absolute atomic E-state index is 11.9. The Hall–Kier alpha value is -2.25. The first-order valence-corrected chi connectivity index (χ1v) is 8.87. The number of hydrogen-bond donors (Lipinski definition) is 0. The zero-order valence-corrected chi connectivity index (χ0v) is 14.5. The van der Waals surface area contributed by atoms with Crippen molar-refractivity contribution in [2.45, 2.75) is 20.3 Å². The Morgan fingerprint density at radius 2 is 2.04 bits per heavy atom. The van der Waals surface area contributed by atoms with E-state index in [4.69, 9.17) is 5.26 Å². The van der Waals surface area contributed by atoms with Crippen molar-refractivity contribution < 1.29 is 4.79 Å². The first-order chi connectivity index (χ1) is 11.1. The molecule has 0 unspecified atom stereocenters. The zero-order valence-electron chi connectivity index (χ0n) is 13.7. The number of ketones is 1. The summed E-state index contributed by atoms with van der Waals surface area (Å²) in [5.41, 5.74) is 4.23. The van der Waals surface area contributed by atoms with Crippen molar-refractivity contribution >= 4 is 23.6 Å². The van der Waals surface area contributed by atoms with Crippen LogP contribution in [0.25, 0.3) is 11.8 Å². The highest BCUT2D eigenvalue weighted by atomic mass is 32.2. The molecule has 0 aliphatic rings. The standard InChI is InChI=1S/C19H20N2OS/c1-14-19(15(2)22)12-18(6-4-5-11-23-3)21(14)17-9-7-16(13-20)8-10-17/h4,6-10,12H,5,11H2,1-3H3/b6-4+. The molecule has 0 aliphatic carbocycles. The molecule has 3 nitrogen and oxygen atoms in total. The van der Waals surface area contributed by atoms with Crippen LogP contribution in [0, 0.1) is 18.3 Å². The fourth-order valence-electron chi connectivity index (χ4n) is 2.53. The van der Waals surface area contributed by atoms with Gasteiger partial charge in [-0.15, -0.1) is 0 Å². The van der Waals surface area contributed by atoms with Crippen molar-refractivity contribution in [3.8, 4) is 11.8 Å². The molecule has 23 heavy (non-hydrogen) atoms. The molecule has 0 amide bonds. The number of nitriles is 1. The van der Waals surface area contributed by atoms with E-state index in [9.17, 15) is 4.79 Å². The van der Waals surface area contributed by atoms with Crippen LogP contribution in [-0.2, 0) is 0 Å². The smallest absolute Gasteiger partial charge is 0.161 e. The van der Waals surface area contributed by atoms with Gasteiger partial charge in [0.25, 0.3) is 0 Å². The lowest BCUT2D eigenvalue weighted by Crippen LogP contribution is -2.01. The van der Waals surface area contributed by atoms with Crippen LogP contribution < -0.4 is 0 Å². The number of allylic oxidation sites excluding steroid dienone is 1. The molecule has 4 heteroatoms. The number of carbonyl (C=O) groups is 1. The summed E-state index contributed by atoms with van der Waals surface area (Å²) in [6.45, 7) is 3.54. The summed E-state index contributed by atoms with van der Waals surface area (Å²) >= 11 is 1.81. The van der Waals surface area contributed by atoms with E-state index in [-0.39, 0.29) is 5.78 Å². The minimum atomic E-state index is 0.0636. The Bertz CT molecular complexity index is 764. The van der Waals surface area contributed by atoms with Crippen LogP contribution in [0.1, 0.15) is 40.7 Å². The van der Waals surface area contributed by atoms with Gasteiger partial charge < -0.3 is 4.57 Å². The summed E-state index contributed by atoms with van der Waals surface area (Å²) in [5, 5.41) is 8.94. The highest BCUT2D eigenvalue weighted by Gasteiger charge is 2.14. The Labute approximate surface area is 141 Å². The van der Waals surface area contributed by atoms with Gasteiger partial charge >= 0.3 is 0 Å². The van der Waals surface area contributed by atoms with Crippen LogP contribution in [0.4, 0.5) is 0 Å². The third-order valence-electron chi connectivity index (χ3n) is 3.69. The van der Waals surface area contributed by atoms with Gasteiger partial charge in [-0.3, -0.25) is 4.79 Å². The molecule has 118 valence electrons. The van der Waals surface area contributed by atoms with Gasteiger partial charge in [-0.2, -0.15) is 17.0 Å². The number of carbonyl (C=O) groups excluding carboxylic acids is 1. The average Bonchev–Trinajstić information content (AvgIpc) is 2.88. The molecule has 2 aromatic rings. The summed E-state index contributed by atoms with van der Waals surface area (Å²) in [7, 11) is 0. The molecule has 1 heterocycles. The first-order valence-electron chi connectivity index (χ1n) is 7.47. The molecule has 0 radical (unpaired) electrons. The molecule has 0 saturated carbocycles. The number of benzene rings is 1. The second kappa shape index (κ2) is 7.85. The fraction of sp³-hybridized carbons (Fsp3) is 0.263. The van der Waals surface area contributed by atoms with Gasteiger partial charge in [0, 0.05) is 22.6 Å². The minimum absolute atomic E-state index is 0.0636. The summed E-state index contributed by atoms with van der Waals surface area (Å²) in [6, 6.07) is 11.5. The Morgan fingerprint density at radius 3 is 2.61 bits per heavy atom. The second-order valence-electron chi connectivity index (χ2n) is 5.30. The molecule has 1 aromatic carbocycles. The van der Waals surface area contributed by atoms with E-state index in [2.05, 4.69) is 29.0 Å². The molecule has 2 rings (SSSR count). The molecule has 0 fully saturated rings. The van der Waals surface area contributed by atoms with Crippen molar-refractivity contribution in [2.24, 2.45) is 0 Å². The molecule has 0 spiro atoms. The van der Waals surface area contributed by atoms with Crippen LogP contribution in [-0.4, -0.2) is 22.4 Å². The van der Waals surface area contributed by atoms with Crippen molar-refractivity contribution in [3.63, 3.8) is 0 Å². The number of thioether (sulfide) groups is 1. The molecule has 0 aliphatic heterocycles. The summed E-state index contributed by atoms with van der Waals surface area (Å²) in [6.07, 6.45) is 7.28. The van der Waals surface area contributed by atoms with E-state index >= 15 is 0 Å². The van der Waals surface area contributed by atoms with Crippen molar-refractivity contribution in [1.29, 1.82) is 5.26 Å². The molecule has 0 bridgehead atoms. The Morgan fingerprint density at radius 1 is 1.35 bits per heavy atom. The normalized spacial score (nSPS) is 10.9. The summed E-state index contributed by atoms with van der Waals surface area (Å²) < 4.78 is 2.06. The van der Waals surface area contributed by atoms with Crippen molar-refractivity contribution in [3.05, 3.63) is 58.9 Å². The third-order valence-corrected chi connectivity index (χ3v) is 4.33. The maximum Gasteiger partial charge on any atom is 0.161 e. The SMILES string of the molecule is CSCC/C=C/c1cc(C(C)=O)c(C)n1-c1ccc(C#N)cc1. The number of nitrogens with zero attached hydrogens (tertiary/aromatic N) is 2. The van der Waals surface area contributed by atoms with Gasteiger partial charge in [0.2, 0.25) is 0 Å².